The fraction of sp³-hybridized carbons (Fsp3) is 0. The number of aldehydes is 1. The average Bonchev–Trinajstić information content (AvgIpc) is 3.51. The van der Waals surface area contributed by atoms with Crippen LogP contribution in [0.4, 0.5) is 0 Å². The summed E-state index contributed by atoms with van der Waals surface area (Å²) in [4.78, 5) is 37.4. The quantitative estimate of drug-likeness (QED) is 0.771. The number of fused-ring (bicyclic) bond motifs is 5. The summed E-state index contributed by atoms with van der Waals surface area (Å²) in [5.41, 5.74) is 4.60. The van der Waals surface area contributed by atoms with Crippen molar-refractivity contribution in [1.82, 2.24) is 4.57 Å². The molecule has 0 aromatic carbocycles. The molecule has 0 spiro atoms. The zero-order valence-corrected chi connectivity index (χ0v) is 15.6. The minimum Gasteiger partial charge on any atom is -0.515 e. The number of aliphatic hydroxyl groups is 1. The van der Waals surface area contributed by atoms with Gasteiger partial charge in [0.25, 0.3) is 0 Å². The third kappa shape index (κ3) is 2.89. The molecule has 0 saturated heterocycles. The van der Waals surface area contributed by atoms with Gasteiger partial charge in [0, 0.05) is 5.22 Å². The maximum atomic E-state index is 11.9. The Balaban J connectivity index is 1.85. The summed E-state index contributed by atoms with van der Waals surface area (Å²) in [6.45, 7) is 0. The van der Waals surface area contributed by atoms with Crippen molar-refractivity contribution in [3.8, 4) is 0 Å². The van der Waals surface area contributed by atoms with Crippen LogP contribution in [-0.2, 0) is 4.79 Å². The largest absolute Gasteiger partial charge is 0.515 e. The zero-order chi connectivity index (χ0) is 20.7. The van der Waals surface area contributed by atoms with Crippen LogP contribution in [0, 0.1) is 0 Å². The molecule has 4 aliphatic heterocycles. The highest BCUT2D eigenvalue weighted by molar-refractivity contribution is 6.20. The van der Waals surface area contributed by atoms with Crippen molar-refractivity contribution < 1.29 is 14.7 Å². The van der Waals surface area contributed by atoms with Gasteiger partial charge in [0.15, 0.2) is 6.29 Å². The van der Waals surface area contributed by atoms with Crippen molar-refractivity contribution >= 4 is 48.2 Å². The molecule has 7 nitrogen and oxygen atoms in total. The number of nitrogens with zero attached hydrogens (tertiary/aromatic N) is 4. The van der Waals surface area contributed by atoms with Crippen molar-refractivity contribution in [3.63, 3.8) is 0 Å². The minimum atomic E-state index is 0.189. The first-order chi connectivity index (χ1) is 14.7. The Morgan fingerprint density at radius 1 is 0.733 bits per heavy atom. The molecule has 4 aliphatic rings. The fourth-order valence-electron chi connectivity index (χ4n) is 3.58. The number of allylic oxidation sites excluding steroid dienone is 8. The normalized spacial score (nSPS) is 19.0. The van der Waals surface area contributed by atoms with Crippen LogP contribution in [0.1, 0.15) is 16.1 Å². The molecular weight excluding hydrogens is 380 g/mol. The summed E-state index contributed by atoms with van der Waals surface area (Å²) in [6.07, 6.45) is 20.0. The van der Waals surface area contributed by atoms with E-state index in [1.165, 1.54) is 4.57 Å². The molecule has 0 amide bonds. The third-order valence-corrected chi connectivity index (χ3v) is 4.92. The van der Waals surface area contributed by atoms with Gasteiger partial charge in [-0.3, -0.25) is 14.2 Å². The fourth-order valence-corrected chi connectivity index (χ4v) is 3.58. The second-order valence-corrected chi connectivity index (χ2v) is 6.78. The van der Waals surface area contributed by atoms with Gasteiger partial charge in [-0.25, -0.2) is 15.0 Å². The Hall–Kier alpha value is -4.39. The lowest BCUT2D eigenvalue weighted by atomic mass is 10.2. The monoisotopic (exact) mass is 394 g/mol. The number of hydrogen-bond donors (Lipinski definition) is 1. The lowest BCUT2D eigenvalue weighted by Gasteiger charge is -1.99. The van der Waals surface area contributed by atoms with Gasteiger partial charge >= 0.3 is 0 Å². The Labute approximate surface area is 170 Å². The molecule has 1 aromatic rings. The molecule has 0 aliphatic carbocycles. The molecule has 0 fully saturated rings. The van der Waals surface area contributed by atoms with Gasteiger partial charge in [-0.05, 0) is 60.8 Å². The molecular formula is C23H14N4O3. The highest BCUT2D eigenvalue weighted by Crippen LogP contribution is 2.19. The van der Waals surface area contributed by atoms with E-state index in [0.717, 1.165) is 17.7 Å². The zero-order valence-electron chi connectivity index (χ0n) is 15.6. The van der Waals surface area contributed by atoms with E-state index in [9.17, 15) is 14.7 Å². The van der Waals surface area contributed by atoms with Crippen LogP contribution in [0.25, 0.3) is 18.4 Å². The van der Waals surface area contributed by atoms with Crippen LogP contribution in [0.2, 0.25) is 0 Å². The smallest absolute Gasteiger partial charge is 0.218 e. The first-order valence-electron chi connectivity index (χ1n) is 9.15. The highest BCUT2D eigenvalue weighted by Gasteiger charge is 2.16. The van der Waals surface area contributed by atoms with E-state index in [1.54, 1.807) is 24.3 Å². The summed E-state index contributed by atoms with van der Waals surface area (Å²) in [7, 11) is 0. The van der Waals surface area contributed by atoms with Gasteiger partial charge in [0.05, 0.1) is 57.1 Å². The van der Waals surface area contributed by atoms with Crippen LogP contribution in [0.5, 0.6) is 0 Å². The second-order valence-electron chi connectivity index (χ2n) is 6.78. The lowest BCUT2D eigenvalue weighted by Crippen LogP contribution is -2.31. The molecule has 5 heterocycles. The molecule has 7 heteroatoms. The predicted octanol–water partition coefficient (Wildman–Crippen LogP) is 1.57. The van der Waals surface area contributed by atoms with E-state index in [0.29, 0.717) is 46.6 Å². The van der Waals surface area contributed by atoms with Gasteiger partial charge in [-0.15, -0.1) is 0 Å². The number of aliphatic hydroxyl groups excluding tert-OH is 1. The van der Waals surface area contributed by atoms with Crippen molar-refractivity contribution in [2.24, 2.45) is 15.0 Å². The molecule has 8 bridgehead atoms. The van der Waals surface area contributed by atoms with Gasteiger partial charge in [-0.2, -0.15) is 0 Å². The highest BCUT2D eigenvalue weighted by atomic mass is 16.2. The van der Waals surface area contributed by atoms with Crippen molar-refractivity contribution in [2.45, 2.75) is 0 Å². The molecule has 5 rings (SSSR count). The number of carbonyl (C=O) groups is 2. The number of aliphatic imine (C=N–C) groups is 3. The number of hydrogen-bond acceptors (Lipinski definition) is 6. The van der Waals surface area contributed by atoms with Crippen LogP contribution in [0.15, 0.2) is 80.7 Å². The molecule has 0 unspecified atom stereocenters. The Morgan fingerprint density at radius 2 is 1.27 bits per heavy atom. The Kier molecular flexibility index (Phi) is 4.07. The summed E-state index contributed by atoms with van der Waals surface area (Å²) in [5.74, 6) is 0. The standard InChI is InChI=1S/C23H14N4O3/c28-11-20-21(12-29)23-10-19-6-4-17(26-19)8-15-2-1-14(24-15)7-16-3-5-18(25-16)9-22(20)27(23)13-30/h1-13,28H/b15-8?,16-7?,19-10?,20-11-,22-9?. The van der Waals surface area contributed by atoms with Crippen LogP contribution >= 0.6 is 0 Å². The van der Waals surface area contributed by atoms with Crippen LogP contribution in [0.3, 0.4) is 0 Å². The molecule has 144 valence electrons. The topological polar surface area (TPSA) is 96.4 Å². The summed E-state index contributed by atoms with van der Waals surface area (Å²) in [6, 6.07) is 0. The van der Waals surface area contributed by atoms with Gasteiger partial charge in [0.1, 0.15) is 0 Å². The molecule has 0 atom stereocenters. The molecule has 30 heavy (non-hydrogen) atoms. The second kappa shape index (κ2) is 6.89. The van der Waals surface area contributed by atoms with Gasteiger partial charge in [-0.1, -0.05) is 0 Å². The maximum Gasteiger partial charge on any atom is 0.218 e. The van der Waals surface area contributed by atoms with Gasteiger partial charge < -0.3 is 5.11 Å². The third-order valence-electron chi connectivity index (χ3n) is 4.92. The van der Waals surface area contributed by atoms with E-state index in [4.69, 9.17) is 0 Å². The Bertz CT molecular complexity index is 1420. The van der Waals surface area contributed by atoms with E-state index >= 15 is 0 Å². The molecule has 1 aromatic heterocycles. The summed E-state index contributed by atoms with van der Waals surface area (Å²) in [5, 5.41) is 10.4. The van der Waals surface area contributed by atoms with Crippen LogP contribution in [-0.4, -0.2) is 39.5 Å². The Morgan fingerprint density at radius 3 is 1.77 bits per heavy atom. The van der Waals surface area contributed by atoms with E-state index in [-0.39, 0.29) is 10.8 Å². The van der Waals surface area contributed by atoms with Crippen molar-refractivity contribution in [2.75, 3.05) is 0 Å². The number of carbonyl (C=O) groups excluding carboxylic acids is 2. The SMILES string of the molecule is O=Cc1c2n(C=O)c(/c1=C\O)=CC1=NC(=CC3=NC(=CC4=NC(=C2)C=C4)C=C3)C=C1. The minimum absolute atomic E-state index is 0.189. The average molecular weight is 394 g/mol. The number of aromatic nitrogens is 1. The molecule has 1 N–H and O–H groups in total. The predicted molar refractivity (Wildman–Crippen MR) is 117 cm³/mol. The van der Waals surface area contributed by atoms with Crippen molar-refractivity contribution in [1.29, 1.82) is 0 Å². The first kappa shape index (κ1) is 17.7. The summed E-state index contributed by atoms with van der Waals surface area (Å²) >= 11 is 0. The first-order valence-corrected chi connectivity index (χ1v) is 9.15. The van der Waals surface area contributed by atoms with E-state index in [1.807, 2.05) is 36.5 Å². The van der Waals surface area contributed by atoms with Crippen molar-refractivity contribution in [3.05, 3.63) is 87.5 Å². The van der Waals surface area contributed by atoms with E-state index in [2.05, 4.69) is 15.0 Å². The van der Waals surface area contributed by atoms with Crippen LogP contribution < -0.4 is 10.6 Å². The van der Waals surface area contributed by atoms with E-state index < -0.39 is 0 Å². The summed E-state index contributed by atoms with van der Waals surface area (Å²) < 4.78 is 1.30. The molecule has 0 saturated carbocycles. The lowest BCUT2D eigenvalue weighted by molar-refractivity contribution is 0.112. The molecule has 0 radical (unpaired) electrons. The maximum absolute atomic E-state index is 11.9. The van der Waals surface area contributed by atoms with Gasteiger partial charge in [0.2, 0.25) is 6.41 Å². The number of rotatable bonds is 2.